The Kier molecular flexibility index (Phi) is 5.65. The number of nitrogens with zero attached hydrogens (tertiary/aromatic N) is 1. The first kappa shape index (κ1) is 16.0. The summed E-state index contributed by atoms with van der Waals surface area (Å²) in [7, 11) is 0. The van der Waals surface area contributed by atoms with E-state index >= 15 is 0 Å². The van der Waals surface area contributed by atoms with E-state index in [2.05, 4.69) is 29.4 Å². The first-order chi connectivity index (χ1) is 9.50. The van der Waals surface area contributed by atoms with Crippen LogP contribution >= 0.6 is 0 Å². The molecule has 1 amide bonds. The van der Waals surface area contributed by atoms with E-state index in [4.69, 9.17) is 4.74 Å². The van der Waals surface area contributed by atoms with Gasteiger partial charge in [-0.25, -0.2) is 0 Å². The van der Waals surface area contributed by atoms with Gasteiger partial charge >= 0.3 is 129 Å². The molecule has 0 unspecified atom stereocenters. The maximum atomic E-state index is 12.5. The number of aliphatic hydroxyl groups is 1. The van der Waals surface area contributed by atoms with Gasteiger partial charge in [-0.15, -0.1) is 0 Å². The molecule has 2 rings (SSSR count). The Bertz CT molecular complexity index is 366. The van der Waals surface area contributed by atoms with E-state index in [1.54, 1.807) is 4.90 Å². The second-order valence-electron chi connectivity index (χ2n) is 6.32. The van der Waals surface area contributed by atoms with Gasteiger partial charge in [-0.3, -0.25) is 0 Å². The molecule has 0 bridgehead atoms. The SMILES string of the molecule is CC(C)[C@H]1COC(=[Se])N1C(=O)C[C@@H](O)C1CCCCC1. The fourth-order valence-corrected chi connectivity index (χ4v) is 3.82. The summed E-state index contributed by atoms with van der Waals surface area (Å²) in [4.78, 5) is 14.2. The van der Waals surface area contributed by atoms with Crippen molar-refractivity contribution < 1.29 is 14.6 Å². The average Bonchev–Trinajstić information content (AvgIpc) is 2.81. The molecule has 2 fully saturated rings. The van der Waals surface area contributed by atoms with Crippen LogP contribution in [0.4, 0.5) is 0 Å². The van der Waals surface area contributed by atoms with Crippen molar-refractivity contribution in [1.82, 2.24) is 4.90 Å². The van der Waals surface area contributed by atoms with Crippen LogP contribution in [-0.4, -0.2) is 55.0 Å². The summed E-state index contributed by atoms with van der Waals surface area (Å²) in [6.45, 7) is 4.72. The van der Waals surface area contributed by atoms with Crippen LogP contribution in [0.2, 0.25) is 0 Å². The van der Waals surface area contributed by atoms with Crippen LogP contribution in [0, 0.1) is 11.8 Å². The van der Waals surface area contributed by atoms with Crippen LogP contribution in [-0.2, 0) is 9.53 Å². The van der Waals surface area contributed by atoms with Crippen molar-refractivity contribution in [2.45, 2.75) is 64.5 Å². The van der Waals surface area contributed by atoms with Crippen LogP contribution in [0.25, 0.3) is 0 Å². The first-order valence-corrected chi connectivity index (χ1v) is 8.53. The molecule has 0 aromatic heterocycles. The Hall–Kier alpha value is -0.381. The predicted octanol–water partition coefficient (Wildman–Crippen LogP) is 1.46. The minimum absolute atomic E-state index is 0.0203. The fraction of sp³-hybridized carbons (Fsp3) is 0.867. The molecule has 1 aliphatic heterocycles. The summed E-state index contributed by atoms with van der Waals surface area (Å²) in [6, 6.07) is 0.0808. The molecule has 2 atom stereocenters. The summed E-state index contributed by atoms with van der Waals surface area (Å²) in [5, 5.41) is 10.3. The van der Waals surface area contributed by atoms with E-state index in [-0.39, 0.29) is 24.3 Å². The van der Waals surface area contributed by atoms with Gasteiger partial charge in [-0.05, 0) is 0 Å². The van der Waals surface area contributed by atoms with E-state index in [0.717, 1.165) is 12.8 Å². The normalized spacial score (nSPS) is 25.9. The molecule has 2 aliphatic rings. The molecule has 4 nitrogen and oxygen atoms in total. The van der Waals surface area contributed by atoms with Crippen molar-refractivity contribution in [3.63, 3.8) is 0 Å². The standard InChI is InChI=1S/C15H25NO3Se/c1-10(2)12-9-19-15(20)16(12)14(18)8-13(17)11-6-4-3-5-7-11/h10-13,17H,3-9H2,1-2H3/t12-,13-/m1/s1. The third-order valence-electron chi connectivity index (χ3n) is 4.52. The molecule has 0 radical (unpaired) electrons. The molecule has 0 aromatic rings. The molecule has 1 saturated heterocycles. The van der Waals surface area contributed by atoms with Gasteiger partial charge < -0.3 is 0 Å². The molecule has 0 aromatic carbocycles. The van der Waals surface area contributed by atoms with Crippen LogP contribution in [0.1, 0.15) is 52.4 Å². The van der Waals surface area contributed by atoms with Gasteiger partial charge in [0.25, 0.3) is 0 Å². The quantitative estimate of drug-likeness (QED) is 0.784. The van der Waals surface area contributed by atoms with E-state index in [1.807, 2.05) is 0 Å². The Morgan fingerprint density at radius 2 is 2.05 bits per heavy atom. The van der Waals surface area contributed by atoms with Crippen molar-refractivity contribution in [3.05, 3.63) is 0 Å². The molecule has 1 N–H and O–H groups in total. The van der Waals surface area contributed by atoms with Gasteiger partial charge in [0.2, 0.25) is 0 Å². The van der Waals surface area contributed by atoms with Gasteiger partial charge in [-0.1, -0.05) is 0 Å². The van der Waals surface area contributed by atoms with Gasteiger partial charge in [0.1, 0.15) is 0 Å². The molecule has 5 heteroatoms. The van der Waals surface area contributed by atoms with Gasteiger partial charge in [-0.2, -0.15) is 0 Å². The third kappa shape index (κ3) is 3.63. The Balaban J connectivity index is 1.94. The van der Waals surface area contributed by atoms with Crippen LogP contribution in [0.3, 0.4) is 0 Å². The topological polar surface area (TPSA) is 49.8 Å². The summed E-state index contributed by atoms with van der Waals surface area (Å²) < 4.78 is 6.03. The predicted molar refractivity (Wildman–Crippen MR) is 79.4 cm³/mol. The number of hydrogen-bond acceptors (Lipinski definition) is 3. The second kappa shape index (κ2) is 7.06. The second-order valence-corrected chi connectivity index (χ2v) is 7.05. The van der Waals surface area contributed by atoms with Crippen molar-refractivity contribution >= 4 is 26.2 Å². The van der Waals surface area contributed by atoms with Crippen molar-refractivity contribution in [3.8, 4) is 0 Å². The first-order valence-electron chi connectivity index (χ1n) is 7.67. The maximum absolute atomic E-state index is 12.5. The van der Waals surface area contributed by atoms with E-state index < -0.39 is 6.10 Å². The molecule has 1 heterocycles. The number of carbonyl (C=O) groups is 1. The van der Waals surface area contributed by atoms with Gasteiger partial charge in [0.05, 0.1) is 0 Å². The van der Waals surface area contributed by atoms with E-state index in [0.29, 0.717) is 17.3 Å². The van der Waals surface area contributed by atoms with E-state index in [1.165, 1.54) is 19.3 Å². The Morgan fingerprint density at radius 1 is 1.40 bits per heavy atom. The van der Waals surface area contributed by atoms with Gasteiger partial charge in [0.15, 0.2) is 0 Å². The van der Waals surface area contributed by atoms with Crippen molar-refractivity contribution in [2.24, 2.45) is 11.8 Å². The zero-order chi connectivity index (χ0) is 14.7. The zero-order valence-electron chi connectivity index (χ0n) is 12.4. The molecule has 1 saturated carbocycles. The summed E-state index contributed by atoms with van der Waals surface area (Å²) >= 11 is 2.83. The molecule has 0 spiro atoms. The molecule has 114 valence electrons. The number of ether oxygens (including phenoxy) is 1. The van der Waals surface area contributed by atoms with Crippen molar-refractivity contribution in [1.29, 1.82) is 0 Å². The molecule has 20 heavy (non-hydrogen) atoms. The van der Waals surface area contributed by atoms with Crippen LogP contribution in [0.5, 0.6) is 0 Å². The number of amides is 1. The molecular formula is C15H25NO3Se. The van der Waals surface area contributed by atoms with E-state index in [9.17, 15) is 9.90 Å². The number of aliphatic hydroxyl groups excluding tert-OH is 1. The number of carbonyl (C=O) groups excluding carboxylic acids is 1. The zero-order valence-corrected chi connectivity index (χ0v) is 14.1. The third-order valence-corrected chi connectivity index (χ3v) is 5.18. The average molecular weight is 346 g/mol. The minimum atomic E-state index is -0.510. The number of hydrogen-bond donors (Lipinski definition) is 1. The fourth-order valence-electron chi connectivity index (χ4n) is 3.18. The molecule has 1 aliphatic carbocycles. The Labute approximate surface area is 129 Å². The molecular weight excluding hydrogens is 321 g/mol. The monoisotopic (exact) mass is 347 g/mol. The summed E-state index contributed by atoms with van der Waals surface area (Å²) in [6.07, 6.45) is 5.41. The van der Waals surface area contributed by atoms with Gasteiger partial charge in [0, 0.05) is 0 Å². The summed E-state index contributed by atoms with van der Waals surface area (Å²) in [5.74, 6) is 0.614. The summed E-state index contributed by atoms with van der Waals surface area (Å²) in [5.41, 5.74) is 0. The van der Waals surface area contributed by atoms with Crippen molar-refractivity contribution in [2.75, 3.05) is 6.61 Å². The van der Waals surface area contributed by atoms with Crippen LogP contribution < -0.4 is 0 Å². The van der Waals surface area contributed by atoms with Crippen LogP contribution in [0.15, 0.2) is 0 Å². The Morgan fingerprint density at radius 3 is 2.65 bits per heavy atom. The number of rotatable bonds is 4.